The number of rotatable bonds is 9. The van der Waals surface area contributed by atoms with E-state index in [1.165, 1.54) is 5.57 Å². The number of amides is 2. The summed E-state index contributed by atoms with van der Waals surface area (Å²) in [6.07, 6.45) is 3.91. The van der Waals surface area contributed by atoms with Gasteiger partial charge in [0.1, 0.15) is 0 Å². The first-order valence-corrected chi connectivity index (χ1v) is 7.91. The number of carboxylic acid groups (broad SMARTS) is 1. The third-order valence-electron chi connectivity index (χ3n) is 3.35. The summed E-state index contributed by atoms with van der Waals surface area (Å²) in [6.45, 7) is 4.59. The predicted octanol–water partition coefficient (Wildman–Crippen LogP) is 3.12. The fraction of sp³-hybridized carbons (Fsp3) is 0.444. The van der Waals surface area contributed by atoms with Gasteiger partial charge in [0, 0.05) is 19.0 Å². The number of benzene rings is 1. The SMILES string of the molecule is CC(C)=CCCNC(=O)NC(CCC(=O)O)Cc1ccccc1. The molecule has 0 saturated heterocycles. The highest BCUT2D eigenvalue weighted by Crippen LogP contribution is 2.08. The molecule has 23 heavy (non-hydrogen) atoms. The van der Waals surface area contributed by atoms with Gasteiger partial charge in [-0.3, -0.25) is 4.79 Å². The number of carbonyl (C=O) groups excluding carboxylic acids is 1. The number of hydrogen-bond acceptors (Lipinski definition) is 2. The molecule has 5 heteroatoms. The summed E-state index contributed by atoms with van der Waals surface area (Å²) in [5.74, 6) is -0.853. The number of aliphatic carboxylic acids is 1. The van der Waals surface area contributed by atoms with Crippen LogP contribution in [0.3, 0.4) is 0 Å². The quantitative estimate of drug-likeness (QED) is 0.483. The largest absolute Gasteiger partial charge is 0.481 e. The average Bonchev–Trinajstić information content (AvgIpc) is 2.50. The van der Waals surface area contributed by atoms with E-state index in [2.05, 4.69) is 16.7 Å². The van der Waals surface area contributed by atoms with E-state index in [4.69, 9.17) is 5.11 Å². The molecule has 1 aromatic carbocycles. The second-order valence-electron chi connectivity index (χ2n) is 5.79. The van der Waals surface area contributed by atoms with Gasteiger partial charge in [-0.25, -0.2) is 4.79 Å². The molecule has 0 spiro atoms. The summed E-state index contributed by atoms with van der Waals surface area (Å²) < 4.78 is 0. The van der Waals surface area contributed by atoms with Crippen LogP contribution in [-0.4, -0.2) is 29.7 Å². The van der Waals surface area contributed by atoms with E-state index in [9.17, 15) is 9.59 Å². The van der Waals surface area contributed by atoms with Crippen LogP contribution in [0, 0.1) is 0 Å². The molecule has 1 rings (SSSR count). The van der Waals surface area contributed by atoms with Crippen LogP contribution < -0.4 is 10.6 Å². The Kier molecular flexibility index (Phi) is 8.50. The first kappa shape index (κ1) is 18.7. The molecule has 0 heterocycles. The summed E-state index contributed by atoms with van der Waals surface area (Å²) in [5.41, 5.74) is 2.29. The van der Waals surface area contributed by atoms with Crippen molar-refractivity contribution in [3.05, 3.63) is 47.5 Å². The number of carbonyl (C=O) groups is 2. The lowest BCUT2D eigenvalue weighted by molar-refractivity contribution is -0.137. The van der Waals surface area contributed by atoms with Crippen molar-refractivity contribution < 1.29 is 14.7 Å². The number of allylic oxidation sites excluding steroid dienone is 1. The summed E-state index contributed by atoms with van der Waals surface area (Å²) in [5, 5.41) is 14.5. The molecule has 0 fully saturated rings. The van der Waals surface area contributed by atoms with E-state index in [0.717, 1.165) is 12.0 Å². The predicted molar refractivity (Wildman–Crippen MR) is 91.4 cm³/mol. The average molecular weight is 318 g/mol. The first-order chi connectivity index (χ1) is 11.0. The maximum absolute atomic E-state index is 11.9. The molecule has 0 aliphatic heterocycles. The fourth-order valence-corrected chi connectivity index (χ4v) is 2.20. The van der Waals surface area contributed by atoms with Gasteiger partial charge in [0.25, 0.3) is 0 Å². The van der Waals surface area contributed by atoms with Crippen molar-refractivity contribution in [2.24, 2.45) is 0 Å². The lowest BCUT2D eigenvalue weighted by Gasteiger charge is -2.18. The zero-order valence-corrected chi connectivity index (χ0v) is 13.8. The van der Waals surface area contributed by atoms with E-state index < -0.39 is 5.97 Å². The van der Waals surface area contributed by atoms with E-state index in [0.29, 0.717) is 19.4 Å². The molecule has 0 radical (unpaired) electrons. The van der Waals surface area contributed by atoms with Crippen molar-refractivity contribution in [1.82, 2.24) is 10.6 Å². The summed E-state index contributed by atoms with van der Waals surface area (Å²) in [7, 11) is 0. The highest BCUT2D eigenvalue weighted by atomic mass is 16.4. The second-order valence-corrected chi connectivity index (χ2v) is 5.79. The Morgan fingerprint density at radius 2 is 1.91 bits per heavy atom. The lowest BCUT2D eigenvalue weighted by atomic mass is 10.0. The molecule has 1 atom stereocenters. The van der Waals surface area contributed by atoms with Crippen LogP contribution in [-0.2, 0) is 11.2 Å². The minimum Gasteiger partial charge on any atom is -0.481 e. The molecule has 1 unspecified atom stereocenters. The van der Waals surface area contributed by atoms with E-state index >= 15 is 0 Å². The zero-order valence-electron chi connectivity index (χ0n) is 13.8. The van der Waals surface area contributed by atoms with E-state index in [-0.39, 0.29) is 18.5 Å². The molecular formula is C18H26N2O3. The number of hydrogen-bond donors (Lipinski definition) is 3. The van der Waals surface area contributed by atoms with Crippen LogP contribution >= 0.6 is 0 Å². The molecule has 2 amide bonds. The van der Waals surface area contributed by atoms with E-state index in [1.54, 1.807) is 0 Å². The van der Waals surface area contributed by atoms with Crippen molar-refractivity contribution >= 4 is 12.0 Å². The normalized spacial score (nSPS) is 11.4. The van der Waals surface area contributed by atoms with Crippen molar-refractivity contribution in [1.29, 1.82) is 0 Å². The van der Waals surface area contributed by atoms with Crippen molar-refractivity contribution in [3.8, 4) is 0 Å². The molecule has 0 aliphatic rings. The Hall–Kier alpha value is -2.30. The fourth-order valence-electron chi connectivity index (χ4n) is 2.20. The van der Waals surface area contributed by atoms with Crippen molar-refractivity contribution in [2.45, 2.75) is 45.6 Å². The molecule has 0 bridgehead atoms. The third-order valence-corrected chi connectivity index (χ3v) is 3.35. The van der Waals surface area contributed by atoms with Crippen LogP contribution in [0.25, 0.3) is 0 Å². The van der Waals surface area contributed by atoms with Crippen LogP contribution in [0.1, 0.15) is 38.7 Å². The van der Waals surface area contributed by atoms with Gasteiger partial charge in [-0.1, -0.05) is 42.0 Å². The summed E-state index contributed by atoms with van der Waals surface area (Å²) in [6, 6.07) is 9.30. The number of carboxylic acids is 1. The first-order valence-electron chi connectivity index (χ1n) is 7.91. The third kappa shape index (κ3) is 9.34. The van der Waals surface area contributed by atoms with Gasteiger partial charge in [-0.05, 0) is 38.7 Å². The zero-order chi connectivity index (χ0) is 17.1. The minimum atomic E-state index is -0.853. The number of nitrogens with one attached hydrogen (secondary N) is 2. The Labute approximate surface area is 137 Å². The summed E-state index contributed by atoms with van der Waals surface area (Å²) >= 11 is 0. The Balaban J connectivity index is 2.49. The van der Waals surface area contributed by atoms with Crippen molar-refractivity contribution in [2.75, 3.05) is 6.54 Å². The molecule has 1 aromatic rings. The maximum Gasteiger partial charge on any atom is 0.315 e. The smallest absolute Gasteiger partial charge is 0.315 e. The Morgan fingerprint density at radius 1 is 1.22 bits per heavy atom. The van der Waals surface area contributed by atoms with Gasteiger partial charge in [0.2, 0.25) is 0 Å². The van der Waals surface area contributed by atoms with Gasteiger partial charge in [-0.15, -0.1) is 0 Å². The Morgan fingerprint density at radius 3 is 2.52 bits per heavy atom. The van der Waals surface area contributed by atoms with Gasteiger partial charge < -0.3 is 15.7 Å². The van der Waals surface area contributed by atoms with Gasteiger partial charge in [0.05, 0.1) is 0 Å². The van der Waals surface area contributed by atoms with Crippen LogP contribution in [0.2, 0.25) is 0 Å². The van der Waals surface area contributed by atoms with Crippen LogP contribution in [0.15, 0.2) is 42.0 Å². The molecule has 5 nitrogen and oxygen atoms in total. The van der Waals surface area contributed by atoms with Crippen LogP contribution in [0.5, 0.6) is 0 Å². The molecule has 3 N–H and O–H groups in total. The lowest BCUT2D eigenvalue weighted by Crippen LogP contribution is -2.43. The van der Waals surface area contributed by atoms with Gasteiger partial charge >= 0.3 is 12.0 Å². The van der Waals surface area contributed by atoms with Gasteiger partial charge in [-0.2, -0.15) is 0 Å². The topological polar surface area (TPSA) is 78.4 Å². The second kappa shape index (κ2) is 10.4. The molecule has 0 aromatic heterocycles. The van der Waals surface area contributed by atoms with Crippen molar-refractivity contribution in [3.63, 3.8) is 0 Å². The number of urea groups is 1. The standard InChI is InChI=1S/C18H26N2O3/c1-14(2)7-6-12-19-18(23)20-16(10-11-17(21)22)13-15-8-4-3-5-9-15/h3-5,7-9,16H,6,10-13H2,1-2H3,(H,21,22)(H2,19,20,23). The Bertz CT molecular complexity index is 522. The van der Waals surface area contributed by atoms with E-state index in [1.807, 2.05) is 44.2 Å². The molecular weight excluding hydrogens is 292 g/mol. The van der Waals surface area contributed by atoms with Gasteiger partial charge in [0.15, 0.2) is 0 Å². The minimum absolute atomic E-state index is 0.0372. The van der Waals surface area contributed by atoms with Crippen LogP contribution in [0.4, 0.5) is 4.79 Å². The highest BCUT2D eigenvalue weighted by molar-refractivity contribution is 5.74. The summed E-state index contributed by atoms with van der Waals surface area (Å²) in [4.78, 5) is 22.7. The maximum atomic E-state index is 11.9. The molecule has 126 valence electrons. The highest BCUT2D eigenvalue weighted by Gasteiger charge is 2.14. The monoisotopic (exact) mass is 318 g/mol. The molecule has 0 saturated carbocycles. The molecule has 0 aliphatic carbocycles.